The van der Waals surface area contributed by atoms with Crippen LogP contribution in [0.4, 0.5) is 11.5 Å². The molecule has 1 aliphatic carbocycles. The average molecular weight is 264 g/mol. The summed E-state index contributed by atoms with van der Waals surface area (Å²) in [6, 6.07) is 3.17. The van der Waals surface area contributed by atoms with E-state index in [0.29, 0.717) is 12.4 Å². The Labute approximate surface area is 113 Å². The monoisotopic (exact) mass is 264 g/mol. The van der Waals surface area contributed by atoms with Gasteiger partial charge in [-0.05, 0) is 46.3 Å². The molecule has 0 bridgehead atoms. The van der Waals surface area contributed by atoms with Crippen LogP contribution in [0.1, 0.15) is 25.0 Å². The van der Waals surface area contributed by atoms with E-state index in [2.05, 4.69) is 29.3 Å². The average Bonchev–Trinajstić information content (AvgIpc) is 2.26. The molecule has 1 fully saturated rings. The van der Waals surface area contributed by atoms with Gasteiger partial charge in [-0.3, -0.25) is 10.1 Å². The summed E-state index contributed by atoms with van der Waals surface area (Å²) in [7, 11) is 4.11. The quantitative estimate of drug-likeness (QED) is 0.652. The lowest BCUT2D eigenvalue weighted by Crippen LogP contribution is -2.54. The normalized spacial score (nSPS) is 17.1. The van der Waals surface area contributed by atoms with Crippen LogP contribution in [0.15, 0.2) is 12.1 Å². The summed E-state index contributed by atoms with van der Waals surface area (Å²) in [5.41, 5.74) is 0.929. The molecule has 2 rings (SSSR count). The van der Waals surface area contributed by atoms with E-state index in [1.165, 1.54) is 12.5 Å². The number of anilines is 1. The van der Waals surface area contributed by atoms with Crippen molar-refractivity contribution < 1.29 is 4.92 Å². The topological polar surface area (TPSA) is 71.3 Å². The Kier molecular flexibility index (Phi) is 3.71. The van der Waals surface area contributed by atoms with Crippen molar-refractivity contribution in [3.8, 4) is 0 Å². The molecule has 0 aromatic carbocycles. The summed E-state index contributed by atoms with van der Waals surface area (Å²) in [5, 5.41) is 14.2. The van der Waals surface area contributed by atoms with Crippen LogP contribution < -0.4 is 5.32 Å². The molecule has 1 saturated carbocycles. The van der Waals surface area contributed by atoms with Crippen LogP contribution in [0.2, 0.25) is 0 Å². The highest BCUT2D eigenvalue weighted by Gasteiger charge is 2.39. The zero-order valence-corrected chi connectivity index (χ0v) is 11.6. The molecule has 6 nitrogen and oxygen atoms in total. The van der Waals surface area contributed by atoms with Crippen LogP contribution in [-0.2, 0) is 0 Å². The van der Waals surface area contributed by atoms with Crippen LogP contribution in [0.3, 0.4) is 0 Å². The Bertz CT molecular complexity index is 484. The molecule has 0 amide bonds. The molecule has 1 aromatic heterocycles. The summed E-state index contributed by atoms with van der Waals surface area (Å²) in [6.45, 7) is 2.53. The van der Waals surface area contributed by atoms with Crippen molar-refractivity contribution in [1.29, 1.82) is 0 Å². The summed E-state index contributed by atoms with van der Waals surface area (Å²) < 4.78 is 0. The predicted octanol–water partition coefficient (Wildman–Crippen LogP) is 2.19. The van der Waals surface area contributed by atoms with Gasteiger partial charge in [-0.15, -0.1) is 0 Å². The van der Waals surface area contributed by atoms with Gasteiger partial charge in [0.15, 0.2) is 0 Å². The van der Waals surface area contributed by atoms with Gasteiger partial charge in [0, 0.05) is 23.8 Å². The van der Waals surface area contributed by atoms with Crippen LogP contribution >= 0.6 is 0 Å². The summed E-state index contributed by atoms with van der Waals surface area (Å²) in [4.78, 5) is 17.0. The van der Waals surface area contributed by atoms with E-state index in [1.54, 1.807) is 6.07 Å². The first-order chi connectivity index (χ1) is 8.94. The molecule has 1 aliphatic rings. The van der Waals surface area contributed by atoms with Crippen molar-refractivity contribution in [2.45, 2.75) is 31.7 Å². The molecule has 0 aliphatic heterocycles. The van der Waals surface area contributed by atoms with E-state index in [9.17, 15) is 10.1 Å². The molecule has 0 saturated heterocycles. The number of hydrogen-bond acceptors (Lipinski definition) is 5. The summed E-state index contributed by atoms with van der Waals surface area (Å²) in [6.07, 6.45) is 3.45. The molecular formula is C13H20N4O2. The van der Waals surface area contributed by atoms with Gasteiger partial charge in [-0.2, -0.15) is 0 Å². The molecule has 104 valence electrons. The molecule has 0 radical (unpaired) electrons. The van der Waals surface area contributed by atoms with Crippen LogP contribution in [0.25, 0.3) is 0 Å². The Morgan fingerprint density at radius 2 is 2.16 bits per heavy atom. The van der Waals surface area contributed by atoms with Crippen molar-refractivity contribution in [2.75, 3.05) is 26.0 Å². The van der Waals surface area contributed by atoms with Gasteiger partial charge in [0.1, 0.15) is 0 Å². The van der Waals surface area contributed by atoms with E-state index in [1.807, 2.05) is 6.92 Å². The number of likely N-dealkylation sites (N-methyl/N-ethyl adjacent to an activating group) is 1. The van der Waals surface area contributed by atoms with Crippen molar-refractivity contribution in [2.24, 2.45) is 0 Å². The van der Waals surface area contributed by atoms with E-state index in [4.69, 9.17) is 0 Å². The summed E-state index contributed by atoms with van der Waals surface area (Å²) in [5.74, 6) is 0.373. The first-order valence-corrected chi connectivity index (χ1v) is 6.48. The third kappa shape index (κ3) is 2.68. The Hall–Kier alpha value is -1.69. The standard InChI is InChI=1S/C13H20N4O2/c1-10-5-6-11(17(18)19)12(15-10)14-9-13(16(2)3)7-4-8-13/h5-6H,4,7-9H2,1-3H3,(H,14,15). The van der Waals surface area contributed by atoms with E-state index in [-0.39, 0.29) is 11.2 Å². The lowest BCUT2D eigenvalue weighted by molar-refractivity contribution is -0.384. The van der Waals surface area contributed by atoms with Crippen LogP contribution in [-0.4, -0.2) is 41.0 Å². The number of pyridine rings is 1. The van der Waals surface area contributed by atoms with Gasteiger partial charge in [-0.25, -0.2) is 4.98 Å². The zero-order valence-electron chi connectivity index (χ0n) is 11.6. The van der Waals surface area contributed by atoms with E-state index >= 15 is 0 Å². The lowest BCUT2D eigenvalue weighted by Gasteiger charge is -2.47. The lowest BCUT2D eigenvalue weighted by atomic mass is 9.75. The van der Waals surface area contributed by atoms with E-state index in [0.717, 1.165) is 18.5 Å². The minimum atomic E-state index is -0.391. The van der Waals surface area contributed by atoms with Crippen molar-refractivity contribution in [3.05, 3.63) is 27.9 Å². The number of nitrogens with zero attached hydrogens (tertiary/aromatic N) is 3. The molecule has 1 heterocycles. The van der Waals surface area contributed by atoms with Gasteiger partial charge < -0.3 is 10.2 Å². The first-order valence-electron chi connectivity index (χ1n) is 6.48. The highest BCUT2D eigenvalue weighted by Crippen LogP contribution is 2.36. The van der Waals surface area contributed by atoms with Gasteiger partial charge >= 0.3 is 5.69 Å². The molecule has 19 heavy (non-hydrogen) atoms. The third-order valence-corrected chi connectivity index (χ3v) is 4.03. The van der Waals surface area contributed by atoms with Crippen molar-refractivity contribution >= 4 is 11.5 Å². The number of hydrogen-bond donors (Lipinski definition) is 1. The number of aryl methyl sites for hydroxylation is 1. The fourth-order valence-corrected chi connectivity index (χ4v) is 2.44. The minimum Gasteiger partial charge on any atom is -0.362 e. The molecule has 1 N–H and O–H groups in total. The number of rotatable bonds is 5. The van der Waals surface area contributed by atoms with Crippen molar-refractivity contribution in [3.63, 3.8) is 0 Å². The second-order valence-corrected chi connectivity index (χ2v) is 5.40. The van der Waals surface area contributed by atoms with Gasteiger partial charge in [0.2, 0.25) is 5.82 Å². The van der Waals surface area contributed by atoms with Gasteiger partial charge in [0.25, 0.3) is 0 Å². The fourth-order valence-electron chi connectivity index (χ4n) is 2.44. The van der Waals surface area contributed by atoms with E-state index < -0.39 is 4.92 Å². The summed E-state index contributed by atoms with van der Waals surface area (Å²) >= 11 is 0. The van der Waals surface area contributed by atoms with Gasteiger partial charge in [0.05, 0.1) is 4.92 Å². The zero-order chi connectivity index (χ0) is 14.0. The molecular weight excluding hydrogens is 244 g/mol. The molecule has 0 unspecified atom stereocenters. The maximum atomic E-state index is 11.0. The second kappa shape index (κ2) is 5.13. The number of nitrogens with one attached hydrogen (secondary N) is 1. The largest absolute Gasteiger partial charge is 0.362 e. The SMILES string of the molecule is Cc1ccc([N+](=O)[O-])c(NCC2(N(C)C)CCC2)n1. The Morgan fingerprint density at radius 3 is 2.63 bits per heavy atom. The molecule has 0 spiro atoms. The molecule has 0 atom stereocenters. The third-order valence-electron chi connectivity index (χ3n) is 4.03. The molecule has 1 aromatic rings. The highest BCUT2D eigenvalue weighted by molar-refractivity contribution is 5.56. The Morgan fingerprint density at radius 1 is 1.47 bits per heavy atom. The highest BCUT2D eigenvalue weighted by atomic mass is 16.6. The second-order valence-electron chi connectivity index (χ2n) is 5.40. The number of nitro groups is 1. The molecule has 6 heteroatoms. The van der Waals surface area contributed by atoms with Crippen LogP contribution in [0.5, 0.6) is 0 Å². The van der Waals surface area contributed by atoms with Gasteiger partial charge in [-0.1, -0.05) is 0 Å². The minimum absolute atomic E-state index is 0.0406. The predicted molar refractivity (Wildman–Crippen MR) is 74.4 cm³/mol. The van der Waals surface area contributed by atoms with Crippen LogP contribution in [0, 0.1) is 17.0 Å². The maximum Gasteiger partial charge on any atom is 0.311 e. The fraction of sp³-hybridized carbons (Fsp3) is 0.615. The first kappa shape index (κ1) is 13.7. The maximum absolute atomic E-state index is 11.0. The van der Waals surface area contributed by atoms with Crippen molar-refractivity contribution in [1.82, 2.24) is 9.88 Å². The Balaban J connectivity index is 2.15. The smallest absolute Gasteiger partial charge is 0.311 e. The number of aromatic nitrogens is 1.